The number of hydrogen-bond donors (Lipinski definition) is 1. The van der Waals surface area contributed by atoms with Crippen LogP contribution in [0.1, 0.15) is 36.7 Å². The smallest absolute Gasteiger partial charge is 0.356 e. The van der Waals surface area contributed by atoms with Crippen molar-refractivity contribution < 1.29 is 9.90 Å². The Balaban J connectivity index is 2.02. The monoisotopic (exact) mass is 279 g/mol. The fourth-order valence-electron chi connectivity index (χ4n) is 2.36. The van der Waals surface area contributed by atoms with Crippen LogP contribution in [0.25, 0.3) is 4.96 Å². The summed E-state index contributed by atoms with van der Waals surface area (Å²) in [6.07, 6.45) is 5.29. The minimum atomic E-state index is -0.905. The molecule has 0 radical (unpaired) electrons. The van der Waals surface area contributed by atoms with Crippen LogP contribution in [0.4, 0.5) is 5.82 Å². The summed E-state index contributed by atoms with van der Waals surface area (Å²) in [5.41, 5.74) is 0.297. The topological polar surface area (TPSA) is 57.8 Å². The van der Waals surface area contributed by atoms with Gasteiger partial charge in [0.2, 0.25) is 0 Å². The molecule has 1 saturated carbocycles. The average molecular weight is 279 g/mol. The second kappa shape index (κ2) is 4.85. The summed E-state index contributed by atoms with van der Waals surface area (Å²) in [6.45, 7) is 3.90. The zero-order chi connectivity index (χ0) is 13.4. The lowest BCUT2D eigenvalue weighted by Gasteiger charge is -2.22. The van der Waals surface area contributed by atoms with Gasteiger partial charge in [-0.3, -0.25) is 4.40 Å². The minimum absolute atomic E-state index is 0.297. The molecule has 0 bridgehead atoms. The molecule has 5 nitrogen and oxygen atoms in total. The first kappa shape index (κ1) is 12.5. The van der Waals surface area contributed by atoms with Crippen LogP contribution in [0.15, 0.2) is 11.6 Å². The molecule has 1 aliphatic carbocycles. The first-order valence-electron chi connectivity index (χ1n) is 6.64. The van der Waals surface area contributed by atoms with Crippen molar-refractivity contribution in [2.45, 2.75) is 26.2 Å². The number of imidazole rings is 1. The Bertz CT molecular complexity index is 600. The molecule has 2 heterocycles. The van der Waals surface area contributed by atoms with Crippen LogP contribution in [0.5, 0.6) is 0 Å². The number of rotatable bonds is 6. The summed E-state index contributed by atoms with van der Waals surface area (Å²) in [7, 11) is 0. The molecule has 0 atom stereocenters. The third kappa shape index (κ3) is 2.32. The van der Waals surface area contributed by atoms with Gasteiger partial charge in [0.15, 0.2) is 16.5 Å². The van der Waals surface area contributed by atoms with Crippen molar-refractivity contribution in [3.05, 3.63) is 17.3 Å². The fraction of sp³-hybridized carbons (Fsp3) is 0.538. The van der Waals surface area contributed by atoms with Crippen LogP contribution < -0.4 is 4.90 Å². The Kier molecular flexibility index (Phi) is 3.18. The van der Waals surface area contributed by atoms with Gasteiger partial charge in [0.05, 0.1) is 0 Å². The van der Waals surface area contributed by atoms with Crippen LogP contribution in [0.2, 0.25) is 0 Å². The van der Waals surface area contributed by atoms with E-state index in [1.807, 2.05) is 5.38 Å². The van der Waals surface area contributed by atoms with Crippen molar-refractivity contribution in [2.75, 3.05) is 18.0 Å². The lowest BCUT2D eigenvalue weighted by atomic mass is 10.3. The van der Waals surface area contributed by atoms with Gasteiger partial charge >= 0.3 is 5.97 Å². The molecule has 0 aliphatic heterocycles. The maximum absolute atomic E-state index is 11.5. The number of aromatic carboxylic acids is 1. The van der Waals surface area contributed by atoms with Gasteiger partial charge in [-0.2, -0.15) is 0 Å². The van der Waals surface area contributed by atoms with Gasteiger partial charge in [-0.05, 0) is 25.2 Å². The summed E-state index contributed by atoms with van der Waals surface area (Å²) in [4.78, 5) is 18.9. The molecular weight excluding hydrogens is 262 g/mol. The van der Waals surface area contributed by atoms with E-state index in [0.29, 0.717) is 17.4 Å². The van der Waals surface area contributed by atoms with Gasteiger partial charge in [0.1, 0.15) is 0 Å². The van der Waals surface area contributed by atoms with E-state index in [9.17, 15) is 9.90 Å². The van der Waals surface area contributed by atoms with Crippen molar-refractivity contribution in [3.8, 4) is 0 Å². The Morgan fingerprint density at radius 3 is 3.05 bits per heavy atom. The van der Waals surface area contributed by atoms with E-state index in [2.05, 4.69) is 16.8 Å². The largest absolute Gasteiger partial charge is 0.476 e. The molecule has 0 spiro atoms. The molecular formula is C13H17N3O2S. The third-order valence-corrected chi connectivity index (χ3v) is 4.17. The molecule has 0 amide bonds. The Labute approximate surface area is 115 Å². The van der Waals surface area contributed by atoms with Crippen molar-refractivity contribution in [3.63, 3.8) is 0 Å². The summed E-state index contributed by atoms with van der Waals surface area (Å²) >= 11 is 1.47. The lowest BCUT2D eigenvalue weighted by molar-refractivity contribution is 0.0690. The molecule has 19 heavy (non-hydrogen) atoms. The first-order chi connectivity index (χ1) is 9.20. The normalized spacial score (nSPS) is 15.0. The third-order valence-electron chi connectivity index (χ3n) is 3.41. The van der Waals surface area contributed by atoms with E-state index in [0.717, 1.165) is 24.5 Å². The number of nitrogens with zero attached hydrogens (tertiary/aromatic N) is 3. The number of thiazole rings is 1. The highest BCUT2D eigenvalue weighted by atomic mass is 32.1. The van der Waals surface area contributed by atoms with E-state index in [4.69, 9.17) is 0 Å². The van der Waals surface area contributed by atoms with E-state index < -0.39 is 5.97 Å². The van der Waals surface area contributed by atoms with Crippen LogP contribution in [-0.4, -0.2) is 33.6 Å². The van der Waals surface area contributed by atoms with E-state index in [1.165, 1.54) is 24.2 Å². The summed E-state index contributed by atoms with van der Waals surface area (Å²) < 4.78 is 1.68. The van der Waals surface area contributed by atoms with Crippen LogP contribution in [0, 0.1) is 5.92 Å². The van der Waals surface area contributed by atoms with Crippen LogP contribution >= 0.6 is 11.3 Å². The van der Waals surface area contributed by atoms with Crippen LogP contribution in [0.3, 0.4) is 0 Å². The Morgan fingerprint density at radius 1 is 1.63 bits per heavy atom. The molecule has 1 aliphatic rings. The van der Waals surface area contributed by atoms with E-state index in [1.54, 1.807) is 10.6 Å². The van der Waals surface area contributed by atoms with Gasteiger partial charge < -0.3 is 10.0 Å². The molecule has 1 N–H and O–H groups in total. The molecule has 0 unspecified atom stereocenters. The Morgan fingerprint density at radius 2 is 2.42 bits per heavy atom. The SMILES string of the molecule is CCCN(CC1CC1)c1nc2sccn2c1C(=O)O. The summed E-state index contributed by atoms with van der Waals surface area (Å²) in [6, 6.07) is 0. The van der Waals surface area contributed by atoms with Gasteiger partial charge in [-0.1, -0.05) is 6.92 Å². The van der Waals surface area contributed by atoms with Gasteiger partial charge in [0.25, 0.3) is 0 Å². The molecule has 0 saturated heterocycles. The number of carboxylic acids is 1. The Hall–Kier alpha value is -1.56. The standard InChI is InChI=1S/C13H17N3O2S/c1-2-5-15(8-9-3-4-9)11-10(12(17)18)16-6-7-19-13(16)14-11/h6-7,9H,2-5,8H2,1H3,(H,17,18). The number of anilines is 1. The van der Waals surface area contributed by atoms with Crippen molar-refractivity contribution in [1.29, 1.82) is 0 Å². The zero-order valence-electron chi connectivity index (χ0n) is 10.9. The maximum atomic E-state index is 11.5. The molecule has 2 aromatic heterocycles. The number of carbonyl (C=O) groups is 1. The molecule has 6 heteroatoms. The van der Waals surface area contributed by atoms with Crippen molar-refractivity contribution >= 4 is 28.1 Å². The predicted molar refractivity (Wildman–Crippen MR) is 75.3 cm³/mol. The summed E-state index contributed by atoms with van der Waals surface area (Å²) in [5.74, 6) is 0.443. The second-order valence-electron chi connectivity index (χ2n) is 5.03. The van der Waals surface area contributed by atoms with Gasteiger partial charge in [0, 0.05) is 24.7 Å². The molecule has 2 aromatic rings. The maximum Gasteiger partial charge on any atom is 0.356 e. The summed E-state index contributed by atoms with van der Waals surface area (Å²) in [5, 5.41) is 11.3. The van der Waals surface area contributed by atoms with Crippen molar-refractivity contribution in [1.82, 2.24) is 9.38 Å². The van der Waals surface area contributed by atoms with Crippen LogP contribution in [-0.2, 0) is 0 Å². The highest BCUT2D eigenvalue weighted by Gasteiger charge is 2.29. The highest BCUT2D eigenvalue weighted by Crippen LogP contribution is 2.33. The predicted octanol–water partition coefficient (Wildman–Crippen LogP) is 2.72. The quantitative estimate of drug-likeness (QED) is 0.883. The minimum Gasteiger partial charge on any atom is -0.476 e. The number of fused-ring (bicyclic) bond motifs is 1. The number of carboxylic acid groups (broad SMARTS) is 1. The number of hydrogen-bond acceptors (Lipinski definition) is 4. The average Bonchev–Trinajstić information content (AvgIpc) is 2.93. The molecule has 1 fully saturated rings. The van der Waals surface area contributed by atoms with E-state index >= 15 is 0 Å². The first-order valence-corrected chi connectivity index (χ1v) is 7.52. The van der Waals surface area contributed by atoms with E-state index in [-0.39, 0.29) is 0 Å². The fourth-order valence-corrected chi connectivity index (χ4v) is 3.07. The van der Waals surface area contributed by atoms with Gasteiger partial charge in [-0.15, -0.1) is 11.3 Å². The molecule has 3 rings (SSSR count). The molecule has 0 aromatic carbocycles. The number of aromatic nitrogens is 2. The second-order valence-corrected chi connectivity index (χ2v) is 5.91. The highest BCUT2D eigenvalue weighted by molar-refractivity contribution is 7.15. The van der Waals surface area contributed by atoms with Crippen molar-refractivity contribution in [2.24, 2.45) is 5.92 Å². The lowest BCUT2D eigenvalue weighted by Crippen LogP contribution is -2.28. The molecule has 102 valence electrons. The van der Waals surface area contributed by atoms with Gasteiger partial charge in [-0.25, -0.2) is 9.78 Å². The zero-order valence-corrected chi connectivity index (χ0v) is 11.7.